The van der Waals surface area contributed by atoms with Gasteiger partial charge in [-0.3, -0.25) is 9.59 Å². The summed E-state index contributed by atoms with van der Waals surface area (Å²) >= 11 is 1.22. The molecular weight excluding hydrogens is 404 g/mol. The molecule has 1 aromatic heterocycles. The maximum absolute atomic E-state index is 12.8. The molecule has 2 aromatic carbocycles. The van der Waals surface area contributed by atoms with Crippen molar-refractivity contribution in [1.29, 1.82) is 0 Å². The topological polar surface area (TPSA) is 87.0 Å². The summed E-state index contributed by atoms with van der Waals surface area (Å²) in [7, 11) is 1.31. The number of amides is 1. The molecule has 0 radical (unpaired) electrons. The van der Waals surface area contributed by atoms with Crippen LogP contribution in [0.1, 0.15) is 38.8 Å². The number of aryl methyl sites for hydroxylation is 2. The second-order valence-electron chi connectivity index (χ2n) is 6.67. The van der Waals surface area contributed by atoms with E-state index in [1.54, 1.807) is 41.8 Å². The number of hydrogen-bond donors (Lipinski definition) is 0. The largest absolute Gasteiger partial charge is 0.465 e. The molecule has 0 N–H and O–H groups in total. The lowest BCUT2D eigenvalue weighted by Crippen LogP contribution is -2.23. The number of thiazole rings is 1. The Hall–Kier alpha value is -3.26. The molecule has 3 rings (SSSR count). The van der Waals surface area contributed by atoms with Crippen molar-refractivity contribution in [3.8, 4) is 0 Å². The van der Waals surface area contributed by atoms with Gasteiger partial charge in [0.1, 0.15) is 6.54 Å². The molecule has 7 nitrogen and oxygen atoms in total. The SMILES string of the molecule is CCOC(=O)Cn1c(=NC(=O)c2ccc(C)c(C)c2)sc2cc(C(=O)OC)ccc21. The monoisotopic (exact) mass is 426 g/mol. The molecular formula is C22H22N2O5S. The van der Waals surface area contributed by atoms with Crippen molar-refractivity contribution in [3.63, 3.8) is 0 Å². The predicted octanol–water partition coefficient (Wildman–Crippen LogP) is 3.41. The Labute approximate surface area is 177 Å². The van der Waals surface area contributed by atoms with Crippen LogP contribution in [0.2, 0.25) is 0 Å². The first-order chi connectivity index (χ1) is 14.3. The van der Waals surface area contributed by atoms with Crippen LogP contribution in [-0.2, 0) is 20.8 Å². The number of esters is 2. The van der Waals surface area contributed by atoms with Gasteiger partial charge in [0.25, 0.3) is 5.91 Å². The molecule has 0 aliphatic rings. The molecule has 1 heterocycles. The summed E-state index contributed by atoms with van der Waals surface area (Å²) in [5.74, 6) is -1.31. The van der Waals surface area contributed by atoms with Crippen LogP contribution in [0.15, 0.2) is 41.4 Å². The molecule has 1 amide bonds. The van der Waals surface area contributed by atoms with Crippen molar-refractivity contribution in [1.82, 2.24) is 4.57 Å². The van der Waals surface area contributed by atoms with Crippen LogP contribution in [0.4, 0.5) is 0 Å². The van der Waals surface area contributed by atoms with Crippen molar-refractivity contribution >= 4 is 39.4 Å². The van der Waals surface area contributed by atoms with E-state index in [0.717, 1.165) is 11.1 Å². The Morgan fingerprint density at radius 1 is 1.03 bits per heavy atom. The van der Waals surface area contributed by atoms with Gasteiger partial charge in [-0.25, -0.2) is 4.79 Å². The normalized spacial score (nSPS) is 11.5. The summed E-state index contributed by atoms with van der Waals surface area (Å²) in [5.41, 5.74) is 3.60. The van der Waals surface area contributed by atoms with Crippen molar-refractivity contribution in [3.05, 3.63) is 63.5 Å². The minimum Gasteiger partial charge on any atom is -0.465 e. The smallest absolute Gasteiger partial charge is 0.337 e. The van der Waals surface area contributed by atoms with Crippen LogP contribution in [0.5, 0.6) is 0 Å². The average Bonchev–Trinajstić information content (AvgIpc) is 3.05. The standard InChI is InChI=1S/C22H22N2O5S/c1-5-29-19(25)12-24-17-9-8-16(21(27)28-4)11-18(17)30-22(24)23-20(26)15-7-6-13(2)14(3)10-15/h6-11H,5,12H2,1-4H3. The Bertz CT molecular complexity index is 1210. The summed E-state index contributed by atoms with van der Waals surface area (Å²) in [6, 6.07) is 10.4. The summed E-state index contributed by atoms with van der Waals surface area (Å²) in [5, 5.41) is 0. The third-order valence-corrected chi connectivity index (χ3v) is 5.69. The first-order valence-electron chi connectivity index (χ1n) is 9.37. The maximum atomic E-state index is 12.8. The van der Waals surface area contributed by atoms with Gasteiger partial charge < -0.3 is 14.0 Å². The number of fused-ring (bicyclic) bond motifs is 1. The highest BCUT2D eigenvalue weighted by molar-refractivity contribution is 7.16. The lowest BCUT2D eigenvalue weighted by Gasteiger charge is -2.06. The lowest BCUT2D eigenvalue weighted by molar-refractivity contribution is -0.143. The van der Waals surface area contributed by atoms with E-state index in [2.05, 4.69) is 4.99 Å². The summed E-state index contributed by atoms with van der Waals surface area (Å²) < 4.78 is 12.2. The highest BCUT2D eigenvalue weighted by Gasteiger charge is 2.15. The quantitative estimate of drug-likeness (QED) is 0.584. The molecule has 156 valence electrons. The fourth-order valence-electron chi connectivity index (χ4n) is 2.92. The number of nitrogens with zero attached hydrogens (tertiary/aromatic N) is 2. The fraction of sp³-hybridized carbons (Fsp3) is 0.273. The van der Waals surface area contributed by atoms with E-state index in [1.165, 1.54) is 18.4 Å². The Morgan fingerprint density at radius 3 is 2.43 bits per heavy atom. The highest BCUT2D eigenvalue weighted by Crippen LogP contribution is 2.20. The van der Waals surface area contributed by atoms with E-state index < -0.39 is 17.8 Å². The number of ether oxygens (including phenoxy) is 2. The van der Waals surface area contributed by atoms with E-state index in [9.17, 15) is 14.4 Å². The van der Waals surface area contributed by atoms with Gasteiger partial charge in [-0.1, -0.05) is 17.4 Å². The Kier molecular flexibility index (Phi) is 6.47. The van der Waals surface area contributed by atoms with Gasteiger partial charge in [0.15, 0.2) is 4.80 Å². The molecule has 3 aromatic rings. The van der Waals surface area contributed by atoms with Gasteiger partial charge in [0, 0.05) is 5.56 Å². The van der Waals surface area contributed by atoms with Crippen LogP contribution in [0.25, 0.3) is 10.2 Å². The number of carbonyl (C=O) groups excluding carboxylic acids is 3. The van der Waals surface area contributed by atoms with E-state index in [0.29, 0.717) is 26.1 Å². The molecule has 30 heavy (non-hydrogen) atoms. The van der Waals surface area contributed by atoms with Crippen molar-refractivity contribution < 1.29 is 23.9 Å². The molecule has 0 aliphatic carbocycles. The summed E-state index contributed by atoms with van der Waals surface area (Å²) in [6.45, 7) is 5.79. The molecule has 0 fully saturated rings. The first-order valence-corrected chi connectivity index (χ1v) is 10.2. The molecule has 0 bridgehead atoms. The minimum atomic E-state index is -0.466. The molecule has 0 spiro atoms. The molecule has 0 saturated carbocycles. The third kappa shape index (κ3) is 4.49. The molecule has 0 atom stereocenters. The number of aromatic nitrogens is 1. The minimum absolute atomic E-state index is 0.0928. The van der Waals surface area contributed by atoms with Gasteiger partial charge >= 0.3 is 11.9 Å². The molecule has 0 saturated heterocycles. The summed E-state index contributed by atoms with van der Waals surface area (Å²) in [6.07, 6.45) is 0. The van der Waals surface area contributed by atoms with Crippen LogP contribution < -0.4 is 4.80 Å². The van der Waals surface area contributed by atoms with E-state index in [1.807, 2.05) is 19.9 Å². The number of methoxy groups -OCH3 is 1. The predicted molar refractivity (Wildman–Crippen MR) is 114 cm³/mol. The number of benzene rings is 2. The van der Waals surface area contributed by atoms with Gasteiger partial charge in [0.05, 0.1) is 29.5 Å². The van der Waals surface area contributed by atoms with Crippen molar-refractivity contribution in [2.45, 2.75) is 27.3 Å². The van der Waals surface area contributed by atoms with Crippen LogP contribution in [-0.4, -0.2) is 36.1 Å². The Morgan fingerprint density at radius 2 is 1.77 bits per heavy atom. The second kappa shape index (κ2) is 9.04. The van der Waals surface area contributed by atoms with Crippen molar-refractivity contribution in [2.75, 3.05) is 13.7 Å². The van der Waals surface area contributed by atoms with Gasteiger partial charge in [0.2, 0.25) is 0 Å². The maximum Gasteiger partial charge on any atom is 0.337 e. The number of rotatable bonds is 5. The van der Waals surface area contributed by atoms with Gasteiger partial charge in [-0.05, 0) is 62.2 Å². The second-order valence-corrected chi connectivity index (χ2v) is 7.67. The fourth-order valence-corrected chi connectivity index (χ4v) is 3.98. The highest BCUT2D eigenvalue weighted by atomic mass is 32.1. The summed E-state index contributed by atoms with van der Waals surface area (Å²) in [4.78, 5) is 41.4. The van der Waals surface area contributed by atoms with Crippen LogP contribution in [0.3, 0.4) is 0 Å². The van der Waals surface area contributed by atoms with Crippen LogP contribution >= 0.6 is 11.3 Å². The lowest BCUT2D eigenvalue weighted by atomic mass is 10.1. The van der Waals surface area contributed by atoms with Crippen molar-refractivity contribution in [2.24, 2.45) is 4.99 Å². The zero-order valence-corrected chi connectivity index (χ0v) is 18.0. The number of hydrogen-bond acceptors (Lipinski definition) is 6. The van der Waals surface area contributed by atoms with Crippen LogP contribution in [0, 0.1) is 13.8 Å². The van der Waals surface area contributed by atoms with E-state index in [-0.39, 0.29) is 13.2 Å². The third-order valence-electron chi connectivity index (χ3n) is 4.65. The van der Waals surface area contributed by atoms with E-state index in [4.69, 9.17) is 9.47 Å². The van der Waals surface area contributed by atoms with Gasteiger partial charge in [-0.15, -0.1) is 0 Å². The first kappa shape index (κ1) is 21.4. The Balaban J connectivity index is 2.13. The van der Waals surface area contributed by atoms with E-state index >= 15 is 0 Å². The zero-order chi connectivity index (χ0) is 21.8. The number of carbonyl (C=O) groups is 3. The van der Waals surface area contributed by atoms with Gasteiger partial charge in [-0.2, -0.15) is 4.99 Å². The average molecular weight is 426 g/mol. The molecule has 0 unspecified atom stereocenters. The molecule has 8 heteroatoms. The zero-order valence-electron chi connectivity index (χ0n) is 17.2. The molecule has 0 aliphatic heterocycles.